The molecule has 0 unspecified atom stereocenters. The van der Waals surface area contributed by atoms with Crippen molar-refractivity contribution in [2.45, 2.75) is 0 Å². The van der Waals surface area contributed by atoms with Crippen LogP contribution in [-0.2, 0) is 0 Å². The van der Waals surface area contributed by atoms with E-state index in [1.54, 1.807) is 0 Å². The maximum Gasteiger partial charge on any atom is 0.0619 e. The molecule has 63 heavy (non-hydrogen) atoms. The molecule has 292 valence electrons. The van der Waals surface area contributed by atoms with Crippen molar-refractivity contribution in [1.82, 2.24) is 13.7 Å². The van der Waals surface area contributed by atoms with E-state index in [4.69, 9.17) is 0 Å². The lowest BCUT2D eigenvalue weighted by molar-refractivity contribution is 1.18. The third-order valence-corrected chi connectivity index (χ3v) is 13.6. The summed E-state index contributed by atoms with van der Waals surface area (Å²) in [4.78, 5) is 0. The van der Waals surface area contributed by atoms with Crippen molar-refractivity contribution in [3.8, 4) is 61.6 Å². The fraction of sp³-hybridized carbons (Fsp3) is 0. The Bertz CT molecular complexity index is 4010. The summed E-state index contributed by atoms with van der Waals surface area (Å²) < 4.78 is 7.28. The zero-order valence-electron chi connectivity index (χ0n) is 34.2. The highest BCUT2D eigenvalue weighted by Gasteiger charge is 2.24. The number of hydrogen-bond acceptors (Lipinski definition) is 0. The quantitative estimate of drug-likeness (QED) is 0.168. The van der Waals surface area contributed by atoms with E-state index in [1.165, 1.54) is 121 Å². The lowest BCUT2D eigenvalue weighted by atomic mass is 9.93. The Morgan fingerprint density at radius 3 is 1.27 bits per heavy atom. The van der Waals surface area contributed by atoms with Crippen LogP contribution in [0.5, 0.6) is 0 Å². The molecule has 4 heterocycles. The lowest BCUT2D eigenvalue weighted by Gasteiger charge is -2.12. The molecule has 13 aromatic rings. The Kier molecular flexibility index (Phi) is 7.11. The second-order valence-corrected chi connectivity index (χ2v) is 16.9. The van der Waals surface area contributed by atoms with Crippen LogP contribution in [0.15, 0.2) is 224 Å². The average molecular weight is 800 g/mol. The molecule has 0 bridgehead atoms. The first-order valence-electron chi connectivity index (χ1n) is 21.8. The Morgan fingerprint density at radius 2 is 0.635 bits per heavy atom. The van der Waals surface area contributed by atoms with Crippen molar-refractivity contribution >= 4 is 65.4 Å². The summed E-state index contributed by atoms with van der Waals surface area (Å²) >= 11 is 0. The highest BCUT2D eigenvalue weighted by molar-refractivity contribution is 6.17. The molecule has 0 N–H and O–H groups in total. The van der Waals surface area contributed by atoms with Gasteiger partial charge in [0.25, 0.3) is 0 Å². The number of rotatable bonds is 4. The van der Waals surface area contributed by atoms with E-state index in [-0.39, 0.29) is 0 Å². The van der Waals surface area contributed by atoms with Crippen molar-refractivity contribution in [1.29, 1.82) is 0 Å². The lowest BCUT2D eigenvalue weighted by Crippen LogP contribution is -1.95. The Hall–Kier alpha value is -8.40. The van der Waals surface area contributed by atoms with Gasteiger partial charge in [-0.05, 0) is 112 Å². The second kappa shape index (κ2) is 13.1. The van der Waals surface area contributed by atoms with Gasteiger partial charge in [0, 0.05) is 54.8 Å². The third-order valence-electron chi connectivity index (χ3n) is 13.6. The molecular formula is C60H37N3. The van der Waals surface area contributed by atoms with Crippen molar-refractivity contribution in [2.75, 3.05) is 0 Å². The average Bonchev–Trinajstić information content (AvgIpc) is 3.96. The van der Waals surface area contributed by atoms with Crippen LogP contribution in [0.4, 0.5) is 0 Å². The van der Waals surface area contributed by atoms with Gasteiger partial charge in [-0.15, -0.1) is 0 Å². The zero-order chi connectivity index (χ0) is 41.2. The third kappa shape index (κ3) is 4.90. The fourth-order valence-corrected chi connectivity index (χ4v) is 10.8. The summed E-state index contributed by atoms with van der Waals surface area (Å²) in [5.74, 6) is 0. The summed E-state index contributed by atoms with van der Waals surface area (Å²) in [6.07, 6.45) is 0. The van der Waals surface area contributed by atoms with Gasteiger partial charge in [0.15, 0.2) is 0 Å². The second-order valence-electron chi connectivity index (χ2n) is 16.9. The first-order chi connectivity index (χ1) is 31.3. The molecule has 0 saturated carbocycles. The number of para-hydroxylation sites is 5. The van der Waals surface area contributed by atoms with Gasteiger partial charge in [0.1, 0.15) is 0 Å². The fourth-order valence-electron chi connectivity index (χ4n) is 10.8. The van der Waals surface area contributed by atoms with E-state index in [9.17, 15) is 0 Å². The molecule has 0 saturated heterocycles. The van der Waals surface area contributed by atoms with Crippen molar-refractivity contribution in [3.63, 3.8) is 0 Å². The molecule has 1 aliphatic rings. The van der Waals surface area contributed by atoms with Gasteiger partial charge in [0.2, 0.25) is 0 Å². The summed E-state index contributed by atoms with van der Waals surface area (Å²) in [5, 5.41) is 7.56. The van der Waals surface area contributed by atoms with Crippen LogP contribution in [0.2, 0.25) is 0 Å². The first kappa shape index (κ1) is 34.3. The molecule has 0 fully saturated rings. The largest absolute Gasteiger partial charge is 0.309 e. The van der Waals surface area contributed by atoms with Crippen molar-refractivity contribution in [3.05, 3.63) is 224 Å². The Balaban J connectivity index is 0.870. The SMILES string of the molecule is c1ccc(-n2c3ccccc3c3cc(-c4ccc5c(c4)c4ccccc4n5-c4ccc(-c5ccc6c(c5)c5cccc7c5n6-c5ccccc5-c5ccccc5-7)cc4)ccc32)cc1. The maximum absolute atomic E-state index is 2.48. The molecule has 1 aliphatic heterocycles. The number of nitrogens with zero attached hydrogens (tertiary/aromatic N) is 3. The topological polar surface area (TPSA) is 14.8 Å². The molecule has 0 spiro atoms. The van der Waals surface area contributed by atoms with Crippen LogP contribution < -0.4 is 0 Å². The van der Waals surface area contributed by atoms with Crippen LogP contribution in [0.3, 0.4) is 0 Å². The Morgan fingerprint density at radius 1 is 0.222 bits per heavy atom. The highest BCUT2D eigenvalue weighted by atomic mass is 15.0. The number of hydrogen-bond donors (Lipinski definition) is 0. The van der Waals surface area contributed by atoms with Crippen LogP contribution in [0, 0.1) is 0 Å². The molecule has 0 radical (unpaired) electrons. The van der Waals surface area contributed by atoms with Gasteiger partial charge >= 0.3 is 0 Å². The minimum atomic E-state index is 1.15. The normalized spacial score (nSPS) is 12.1. The predicted octanol–water partition coefficient (Wildman–Crippen LogP) is 16.0. The molecule has 0 aliphatic carbocycles. The van der Waals surface area contributed by atoms with Crippen LogP contribution in [0.1, 0.15) is 0 Å². The molecule has 3 heteroatoms. The van der Waals surface area contributed by atoms with Gasteiger partial charge in [-0.25, -0.2) is 0 Å². The van der Waals surface area contributed by atoms with E-state index >= 15 is 0 Å². The van der Waals surface area contributed by atoms with Gasteiger partial charge in [-0.3, -0.25) is 0 Å². The molecule has 10 aromatic carbocycles. The minimum Gasteiger partial charge on any atom is -0.309 e. The van der Waals surface area contributed by atoms with E-state index < -0.39 is 0 Å². The Labute approximate surface area is 363 Å². The van der Waals surface area contributed by atoms with Crippen molar-refractivity contribution < 1.29 is 0 Å². The van der Waals surface area contributed by atoms with E-state index in [0.717, 1.165) is 5.69 Å². The van der Waals surface area contributed by atoms with Gasteiger partial charge in [-0.1, -0.05) is 146 Å². The molecule has 3 nitrogen and oxygen atoms in total. The van der Waals surface area contributed by atoms with Crippen LogP contribution >= 0.6 is 0 Å². The molecular weight excluding hydrogens is 763 g/mol. The van der Waals surface area contributed by atoms with Gasteiger partial charge in [0.05, 0.1) is 38.8 Å². The summed E-state index contributed by atoms with van der Waals surface area (Å²) in [7, 11) is 0. The monoisotopic (exact) mass is 799 g/mol. The molecule has 3 aromatic heterocycles. The highest BCUT2D eigenvalue weighted by Crippen LogP contribution is 2.47. The molecule has 0 atom stereocenters. The van der Waals surface area contributed by atoms with E-state index in [1.807, 2.05) is 0 Å². The minimum absolute atomic E-state index is 1.15. The number of aromatic nitrogens is 3. The number of fused-ring (bicyclic) bond motifs is 14. The van der Waals surface area contributed by atoms with Gasteiger partial charge in [-0.2, -0.15) is 0 Å². The van der Waals surface area contributed by atoms with Gasteiger partial charge < -0.3 is 13.7 Å². The van der Waals surface area contributed by atoms with E-state index in [2.05, 4.69) is 238 Å². The summed E-state index contributed by atoms with van der Waals surface area (Å²) in [6.45, 7) is 0. The zero-order valence-corrected chi connectivity index (χ0v) is 34.2. The number of benzene rings is 10. The van der Waals surface area contributed by atoms with E-state index in [0.29, 0.717) is 0 Å². The standard InChI is InChI=1S/C60H37N3/c1-2-13-42(14-3-1)61-54-22-9-7-18-47(54)51-36-40(28-32-57(51)61)41-29-33-58-52(37-41)48-19-8-10-23-55(48)62(58)43-30-25-38(26-31-43)39-27-34-59-53(35-39)50-21-12-20-49-45-16-5-4-15-44(45)46-17-6-11-24-56(46)63(59)60(49)50/h1-37H. The maximum atomic E-state index is 2.48. The summed E-state index contributed by atoms with van der Waals surface area (Å²) in [6, 6.07) is 82.7. The predicted molar refractivity (Wildman–Crippen MR) is 265 cm³/mol. The molecule has 14 rings (SSSR count). The summed E-state index contributed by atoms with van der Waals surface area (Å²) in [5.41, 5.74) is 20.8. The van der Waals surface area contributed by atoms with Crippen LogP contribution in [-0.4, -0.2) is 13.7 Å². The molecule has 0 amide bonds. The van der Waals surface area contributed by atoms with Crippen LogP contribution in [0.25, 0.3) is 127 Å². The first-order valence-corrected chi connectivity index (χ1v) is 21.8. The van der Waals surface area contributed by atoms with Crippen molar-refractivity contribution in [2.24, 2.45) is 0 Å². The smallest absolute Gasteiger partial charge is 0.0619 e.